The lowest BCUT2D eigenvalue weighted by molar-refractivity contribution is 0.0993. The van der Waals surface area contributed by atoms with Crippen molar-refractivity contribution in [1.82, 2.24) is 9.78 Å². The van der Waals surface area contributed by atoms with Crippen molar-refractivity contribution in [2.75, 3.05) is 5.73 Å². The summed E-state index contributed by atoms with van der Waals surface area (Å²) in [6.45, 7) is 2.71. The van der Waals surface area contributed by atoms with Crippen LogP contribution in [0.4, 0.5) is 10.1 Å². The van der Waals surface area contributed by atoms with E-state index in [0.29, 0.717) is 0 Å². The molecular formula is C13H14FN3O. The SMILES string of the molecule is CCn1cc(CC(=O)c2cccc(F)c2N)cn1. The third-order valence-electron chi connectivity index (χ3n) is 2.73. The van der Waals surface area contributed by atoms with Crippen LogP contribution in [0.2, 0.25) is 0 Å². The maximum Gasteiger partial charge on any atom is 0.169 e. The Morgan fingerprint density at radius 3 is 2.94 bits per heavy atom. The average molecular weight is 247 g/mol. The number of carbonyl (C=O) groups is 1. The normalized spacial score (nSPS) is 10.6. The van der Waals surface area contributed by atoms with E-state index in [-0.39, 0.29) is 23.5 Å². The first-order chi connectivity index (χ1) is 8.61. The number of hydrogen-bond donors (Lipinski definition) is 1. The lowest BCUT2D eigenvalue weighted by atomic mass is 10.0. The van der Waals surface area contributed by atoms with Gasteiger partial charge in [0.2, 0.25) is 0 Å². The standard InChI is InChI=1S/C13H14FN3O/c1-2-17-8-9(7-16-17)6-12(18)10-4-3-5-11(14)13(10)15/h3-5,7-8H,2,6,15H2,1H3. The van der Waals surface area contributed by atoms with Gasteiger partial charge >= 0.3 is 0 Å². The summed E-state index contributed by atoms with van der Waals surface area (Å²) in [6, 6.07) is 4.25. The molecule has 0 spiro atoms. The van der Waals surface area contributed by atoms with Crippen LogP contribution < -0.4 is 5.73 Å². The second kappa shape index (κ2) is 5.00. The quantitative estimate of drug-likeness (QED) is 0.664. The summed E-state index contributed by atoms with van der Waals surface area (Å²) in [6.07, 6.45) is 3.61. The van der Waals surface area contributed by atoms with Crippen molar-refractivity contribution in [2.24, 2.45) is 0 Å². The van der Waals surface area contributed by atoms with Crippen LogP contribution in [0.25, 0.3) is 0 Å². The minimum absolute atomic E-state index is 0.0922. The summed E-state index contributed by atoms with van der Waals surface area (Å²) in [5, 5.41) is 4.08. The van der Waals surface area contributed by atoms with Crippen LogP contribution in [-0.4, -0.2) is 15.6 Å². The average Bonchev–Trinajstić information content (AvgIpc) is 2.80. The van der Waals surface area contributed by atoms with Gasteiger partial charge in [0.25, 0.3) is 0 Å². The smallest absolute Gasteiger partial charge is 0.169 e. The fourth-order valence-electron chi connectivity index (χ4n) is 1.73. The Hall–Kier alpha value is -2.17. The van der Waals surface area contributed by atoms with Gasteiger partial charge in [-0.1, -0.05) is 6.07 Å². The number of benzene rings is 1. The zero-order valence-corrected chi connectivity index (χ0v) is 10.1. The second-order valence-corrected chi connectivity index (χ2v) is 4.01. The lowest BCUT2D eigenvalue weighted by Crippen LogP contribution is -2.08. The summed E-state index contributed by atoms with van der Waals surface area (Å²) in [5.41, 5.74) is 6.48. The number of nitrogens with zero attached hydrogens (tertiary/aromatic N) is 2. The van der Waals surface area contributed by atoms with E-state index in [1.54, 1.807) is 17.1 Å². The number of halogens is 1. The molecule has 94 valence electrons. The van der Waals surface area contributed by atoms with Crippen LogP contribution >= 0.6 is 0 Å². The van der Waals surface area contributed by atoms with Gasteiger partial charge in [0.15, 0.2) is 5.78 Å². The van der Waals surface area contributed by atoms with E-state index in [1.165, 1.54) is 18.2 Å². The van der Waals surface area contributed by atoms with E-state index in [9.17, 15) is 9.18 Å². The Morgan fingerprint density at radius 2 is 2.28 bits per heavy atom. The first kappa shape index (κ1) is 12.3. The maximum atomic E-state index is 13.2. The zero-order chi connectivity index (χ0) is 13.1. The molecule has 0 amide bonds. The van der Waals surface area contributed by atoms with Crippen LogP contribution in [-0.2, 0) is 13.0 Å². The maximum absolute atomic E-state index is 13.2. The Morgan fingerprint density at radius 1 is 1.50 bits per heavy atom. The largest absolute Gasteiger partial charge is 0.396 e. The molecule has 1 aromatic carbocycles. The van der Waals surface area contributed by atoms with Crippen molar-refractivity contribution in [2.45, 2.75) is 19.9 Å². The molecule has 0 aliphatic carbocycles. The highest BCUT2D eigenvalue weighted by Gasteiger charge is 2.13. The summed E-state index contributed by atoms with van der Waals surface area (Å²) in [4.78, 5) is 12.0. The summed E-state index contributed by atoms with van der Waals surface area (Å²) in [7, 11) is 0. The minimum Gasteiger partial charge on any atom is -0.396 e. The number of aryl methyl sites for hydroxylation is 1. The number of Topliss-reactive ketones (excluding diaryl/α,β-unsaturated/α-hetero) is 1. The van der Waals surface area contributed by atoms with Crippen LogP contribution in [0.1, 0.15) is 22.8 Å². The van der Waals surface area contributed by atoms with E-state index < -0.39 is 5.82 Å². The highest BCUT2D eigenvalue weighted by atomic mass is 19.1. The van der Waals surface area contributed by atoms with Crippen molar-refractivity contribution in [3.63, 3.8) is 0 Å². The molecule has 0 aliphatic heterocycles. The summed E-state index contributed by atoms with van der Waals surface area (Å²) < 4.78 is 15.0. The van der Waals surface area contributed by atoms with E-state index in [1.807, 2.05) is 6.92 Å². The lowest BCUT2D eigenvalue weighted by Gasteiger charge is -2.04. The molecule has 0 saturated heterocycles. The number of aromatic nitrogens is 2. The Kier molecular flexibility index (Phi) is 3.41. The van der Waals surface area contributed by atoms with Gasteiger partial charge in [0.05, 0.1) is 11.9 Å². The van der Waals surface area contributed by atoms with Crippen molar-refractivity contribution in [3.8, 4) is 0 Å². The van der Waals surface area contributed by atoms with Gasteiger partial charge in [-0.05, 0) is 24.6 Å². The van der Waals surface area contributed by atoms with Gasteiger partial charge in [0, 0.05) is 24.7 Å². The number of nitrogen functional groups attached to an aromatic ring is 1. The number of carbonyl (C=O) groups excluding carboxylic acids is 1. The molecule has 4 nitrogen and oxygen atoms in total. The first-order valence-electron chi connectivity index (χ1n) is 5.70. The van der Waals surface area contributed by atoms with E-state index in [4.69, 9.17) is 5.73 Å². The molecule has 0 unspecified atom stereocenters. The topological polar surface area (TPSA) is 60.9 Å². The Bertz CT molecular complexity index is 577. The monoisotopic (exact) mass is 247 g/mol. The second-order valence-electron chi connectivity index (χ2n) is 4.01. The predicted molar refractivity (Wildman–Crippen MR) is 66.7 cm³/mol. The predicted octanol–water partition coefficient (Wildman–Crippen LogP) is 2.05. The number of anilines is 1. The first-order valence-corrected chi connectivity index (χ1v) is 5.70. The number of rotatable bonds is 4. The van der Waals surface area contributed by atoms with Gasteiger partial charge in [-0.15, -0.1) is 0 Å². The molecule has 0 atom stereocenters. The molecule has 2 aromatic rings. The summed E-state index contributed by atoms with van der Waals surface area (Å²) in [5.74, 6) is -0.771. The third-order valence-corrected chi connectivity index (χ3v) is 2.73. The van der Waals surface area contributed by atoms with E-state index in [2.05, 4.69) is 5.10 Å². The van der Waals surface area contributed by atoms with E-state index in [0.717, 1.165) is 12.1 Å². The molecule has 5 heteroatoms. The Labute approximate surface area is 104 Å². The van der Waals surface area contributed by atoms with Gasteiger partial charge in [-0.3, -0.25) is 9.48 Å². The molecule has 2 rings (SSSR count). The fourth-order valence-corrected chi connectivity index (χ4v) is 1.73. The number of nitrogens with two attached hydrogens (primary N) is 1. The number of hydrogen-bond acceptors (Lipinski definition) is 3. The van der Waals surface area contributed by atoms with E-state index >= 15 is 0 Å². The van der Waals surface area contributed by atoms with Crippen LogP contribution in [0.15, 0.2) is 30.6 Å². The molecule has 0 fully saturated rings. The molecule has 2 N–H and O–H groups in total. The molecule has 0 bridgehead atoms. The third kappa shape index (κ3) is 2.40. The molecule has 18 heavy (non-hydrogen) atoms. The van der Waals surface area contributed by atoms with Gasteiger partial charge in [-0.25, -0.2) is 4.39 Å². The molecule has 1 heterocycles. The van der Waals surface area contributed by atoms with Gasteiger partial charge in [-0.2, -0.15) is 5.10 Å². The molecular weight excluding hydrogens is 233 g/mol. The highest BCUT2D eigenvalue weighted by molar-refractivity contribution is 6.01. The zero-order valence-electron chi connectivity index (χ0n) is 10.1. The number of para-hydroxylation sites is 1. The van der Waals surface area contributed by atoms with Crippen LogP contribution in [0, 0.1) is 5.82 Å². The highest BCUT2D eigenvalue weighted by Crippen LogP contribution is 2.18. The fraction of sp³-hybridized carbons (Fsp3) is 0.231. The van der Waals surface area contributed by atoms with Gasteiger partial charge < -0.3 is 5.73 Å². The van der Waals surface area contributed by atoms with Gasteiger partial charge in [0.1, 0.15) is 5.82 Å². The molecule has 1 aromatic heterocycles. The van der Waals surface area contributed by atoms with Crippen molar-refractivity contribution < 1.29 is 9.18 Å². The minimum atomic E-state index is -0.565. The van der Waals surface area contributed by atoms with Crippen molar-refractivity contribution in [3.05, 3.63) is 47.5 Å². The van der Waals surface area contributed by atoms with Crippen LogP contribution in [0.3, 0.4) is 0 Å². The van der Waals surface area contributed by atoms with Crippen LogP contribution in [0.5, 0.6) is 0 Å². The Balaban J connectivity index is 2.19. The molecule has 0 radical (unpaired) electrons. The van der Waals surface area contributed by atoms with Crippen molar-refractivity contribution >= 4 is 11.5 Å². The molecule has 0 aliphatic rings. The summed E-state index contributed by atoms with van der Waals surface area (Å²) >= 11 is 0. The van der Waals surface area contributed by atoms with Crippen molar-refractivity contribution in [1.29, 1.82) is 0 Å². The molecule has 0 saturated carbocycles. The number of ketones is 1.